The zero-order valence-electron chi connectivity index (χ0n) is 11.1. The molecule has 0 radical (unpaired) electrons. The summed E-state index contributed by atoms with van der Waals surface area (Å²) in [5, 5.41) is 5.23. The van der Waals surface area contributed by atoms with Gasteiger partial charge in [-0.05, 0) is 46.6 Å². The van der Waals surface area contributed by atoms with Gasteiger partial charge in [-0.2, -0.15) is 0 Å². The van der Waals surface area contributed by atoms with E-state index in [0.717, 1.165) is 10.0 Å². The lowest BCUT2D eigenvalue weighted by atomic mass is 10.2. The predicted octanol–water partition coefficient (Wildman–Crippen LogP) is 3.48. The summed E-state index contributed by atoms with van der Waals surface area (Å²) in [5.41, 5.74) is 2.05. The van der Waals surface area contributed by atoms with E-state index < -0.39 is 0 Å². The number of aryl methyl sites for hydroxylation is 1. The Labute approximate surface area is 138 Å². The summed E-state index contributed by atoms with van der Waals surface area (Å²) in [7, 11) is 0. The fourth-order valence-corrected chi connectivity index (χ4v) is 2.21. The van der Waals surface area contributed by atoms with Crippen LogP contribution < -0.4 is 10.6 Å². The van der Waals surface area contributed by atoms with Crippen LogP contribution in [0.4, 0.5) is 5.69 Å². The molecule has 2 amide bonds. The van der Waals surface area contributed by atoms with Gasteiger partial charge in [0.25, 0.3) is 5.91 Å². The zero-order valence-corrected chi connectivity index (χ0v) is 14.2. The van der Waals surface area contributed by atoms with Crippen LogP contribution in [0.15, 0.2) is 44.1 Å². The van der Waals surface area contributed by atoms with Crippen LogP contribution in [-0.2, 0) is 4.79 Å². The Bertz CT molecular complexity index is 683. The lowest BCUT2D eigenvalue weighted by Gasteiger charge is -2.07. The fourth-order valence-electron chi connectivity index (χ4n) is 1.62. The second-order valence-electron chi connectivity index (χ2n) is 4.33. The molecule has 0 spiro atoms. The van der Waals surface area contributed by atoms with Gasteiger partial charge in [0.2, 0.25) is 5.91 Å². The van der Waals surface area contributed by atoms with Gasteiger partial charge >= 0.3 is 0 Å². The lowest BCUT2D eigenvalue weighted by molar-refractivity contribution is -0.115. The van der Waals surface area contributed by atoms with Gasteiger partial charge in [0.05, 0.1) is 12.1 Å². The van der Waals surface area contributed by atoms with E-state index in [9.17, 15) is 9.59 Å². The number of benzene rings is 1. The Morgan fingerprint density at radius 2 is 2.00 bits per heavy atom. The van der Waals surface area contributed by atoms with Crippen molar-refractivity contribution in [1.29, 1.82) is 0 Å². The number of furan rings is 1. The lowest BCUT2D eigenvalue weighted by Crippen LogP contribution is -2.32. The summed E-state index contributed by atoms with van der Waals surface area (Å²) < 4.78 is 6.40. The summed E-state index contributed by atoms with van der Waals surface area (Å²) in [5.74, 6) is -0.667. The van der Waals surface area contributed by atoms with Crippen LogP contribution in [0.3, 0.4) is 0 Å². The average Bonchev–Trinajstić information content (AvgIpc) is 2.87. The summed E-state index contributed by atoms with van der Waals surface area (Å²) in [6, 6.07) is 7.01. The molecular weight excluding hydrogens is 404 g/mol. The first-order valence-electron chi connectivity index (χ1n) is 6.04. The normalized spacial score (nSPS) is 10.2. The molecular formula is C14H12Br2N2O3. The van der Waals surface area contributed by atoms with Crippen LogP contribution in [0.25, 0.3) is 0 Å². The number of carbonyl (C=O) groups is 2. The van der Waals surface area contributed by atoms with Crippen LogP contribution in [0.5, 0.6) is 0 Å². The third-order valence-electron chi connectivity index (χ3n) is 2.68. The molecule has 21 heavy (non-hydrogen) atoms. The molecule has 0 unspecified atom stereocenters. The quantitative estimate of drug-likeness (QED) is 0.802. The highest BCUT2D eigenvalue weighted by Gasteiger charge is 2.11. The van der Waals surface area contributed by atoms with Crippen LogP contribution >= 0.6 is 31.9 Å². The first-order valence-corrected chi connectivity index (χ1v) is 7.62. The highest BCUT2D eigenvalue weighted by molar-refractivity contribution is 9.10. The van der Waals surface area contributed by atoms with Gasteiger partial charge in [0.15, 0.2) is 4.67 Å². The third-order valence-corrected chi connectivity index (χ3v) is 3.99. The van der Waals surface area contributed by atoms with Gasteiger partial charge in [-0.3, -0.25) is 9.59 Å². The summed E-state index contributed by atoms with van der Waals surface area (Å²) in [6.07, 6.45) is 1.31. The number of anilines is 1. The second kappa shape index (κ2) is 6.91. The fraction of sp³-hybridized carbons (Fsp3) is 0.143. The standard InChI is InChI=1S/C14H12Br2N2O3/c1-8-4-10(2-3-11(8)15)18-13(19)6-17-14(20)9-5-12(16)21-7-9/h2-5,7H,6H2,1H3,(H,17,20)(H,18,19). The van der Waals surface area contributed by atoms with E-state index in [0.29, 0.717) is 15.9 Å². The minimum atomic E-state index is -0.369. The van der Waals surface area contributed by atoms with Crippen molar-refractivity contribution in [2.24, 2.45) is 0 Å². The van der Waals surface area contributed by atoms with Crippen LogP contribution in [0.2, 0.25) is 0 Å². The minimum absolute atomic E-state index is 0.114. The number of hydrogen-bond acceptors (Lipinski definition) is 3. The number of carbonyl (C=O) groups excluding carboxylic acids is 2. The molecule has 0 aliphatic carbocycles. The van der Waals surface area contributed by atoms with Crippen molar-refractivity contribution >= 4 is 49.4 Å². The molecule has 0 saturated carbocycles. The smallest absolute Gasteiger partial charge is 0.255 e. The van der Waals surface area contributed by atoms with Gasteiger partial charge in [-0.1, -0.05) is 15.9 Å². The maximum Gasteiger partial charge on any atom is 0.255 e. The molecule has 1 heterocycles. The molecule has 0 atom stereocenters. The number of amides is 2. The van der Waals surface area contributed by atoms with Crippen molar-refractivity contribution in [2.75, 3.05) is 11.9 Å². The molecule has 2 rings (SSSR count). The maximum absolute atomic E-state index is 11.8. The number of rotatable bonds is 4. The largest absolute Gasteiger partial charge is 0.457 e. The topological polar surface area (TPSA) is 71.3 Å². The molecule has 2 aromatic rings. The first kappa shape index (κ1) is 15.8. The van der Waals surface area contributed by atoms with E-state index >= 15 is 0 Å². The van der Waals surface area contributed by atoms with E-state index in [1.165, 1.54) is 12.3 Å². The van der Waals surface area contributed by atoms with Crippen molar-refractivity contribution in [3.8, 4) is 0 Å². The minimum Gasteiger partial charge on any atom is -0.457 e. The number of halogens is 2. The number of nitrogens with one attached hydrogen (secondary N) is 2. The van der Waals surface area contributed by atoms with Crippen LogP contribution in [0, 0.1) is 6.92 Å². The molecule has 7 heteroatoms. The van der Waals surface area contributed by atoms with Gasteiger partial charge in [0, 0.05) is 16.2 Å². The van der Waals surface area contributed by atoms with Gasteiger partial charge in [0.1, 0.15) is 6.26 Å². The zero-order chi connectivity index (χ0) is 15.4. The van der Waals surface area contributed by atoms with Crippen LogP contribution in [0.1, 0.15) is 15.9 Å². The number of hydrogen-bond donors (Lipinski definition) is 2. The first-order chi connectivity index (χ1) is 9.95. The molecule has 1 aromatic heterocycles. The van der Waals surface area contributed by atoms with Gasteiger partial charge in [-0.25, -0.2) is 0 Å². The Morgan fingerprint density at radius 3 is 2.62 bits per heavy atom. The average molecular weight is 416 g/mol. The van der Waals surface area contributed by atoms with E-state index in [2.05, 4.69) is 42.5 Å². The highest BCUT2D eigenvalue weighted by atomic mass is 79.9. The summed E-state index contributed by atoms with van der Waals surface area (Å²) in [6.45, 7) is 1.81. The maximum atomic E-state index is 11.8. The Hall–Kier alpha value is -1.60. The van der Waals surface area contributed by atoms with Crippen molar-refractivity contribution in [3.63, 3.8) is 0 Å². The van der Waals surface area contributed by atoms with Crippen molar-refractivity contribution < 1.29 is 14.0 Å². The third kappa shape index (κ3) is 4.44. The predicted molar refractivity (Wildman–Crippen MR) is 86.2 cm³/mol. The SMILES string of the molecule is Cc1cc(NC(=O)CNC(=O)c2coc(Br)c2)ccc1Br. The summed E-state index contributed by atoms with van der Waals surface area (Å²) >= 11 is 6.50. The van der Waals surface area contributed by atoms with E-state index in [-0.39, 0.29) is 18.4 Å². The Morgan fingerprint density at radius 1 is 1.24 bits per heavy atom. The molecule has 0 aliphatic rings. The van der Waals surface area contributed by atoms with Gasteiger partial charge in [-0.15, -0.1) is 0 Å². The molecule has 0 saturated heterocycles. The molecule has 0 aliphatic heterocycles. The molecule has 2 N–H and O–H groups in total. The Balaban J connectivity index is 1.87. The Kier molecular flexibility index (Phi) is 5.19. The van der Waals surface area contributed by atoms with Crippen LogP contribution in [-0.4, -0.2) is 18.4 Å². The molecule has 0 bridgehead atoms. The molecule has 1 aromatic carbocycles. The molecule has 5 nitrogen and oxygen atoms in total. The van der Waals surface area contributed by atoms with E-state index in [1.807, 2.05) is 19.1 Å². The van der Waals surface area contributed by atoms with Gasteiger partial charge < -0.3 is 15.1 Å². The second-order valence-corrected chi connectivity index (χ2v) is 5.97. The molecule has 110 valence electrons. The van der Waals surface area contributed by atoms with Crippen molar-refractivity contribution in [1.82, 2.24) is 5.32 Å². The van der Waals surface area contributed by atoms with E-state index in [4.69, 9.17) is 4.42 Å². The highest BCUT2D eigenvalue weighted by Crippen LogP contribution is 2.19. The molecule has 0 fully saturated rings. The summed E-state index contributed by atoms with van der Waals surface area (Å²) in [4.78, 5) is 23.5. The van der Waals surface area contributed by atoms with Crippen molar-refractivity contribution in [2.45, 2.75) is 6.92 Å². The van der Waals surface area contributed by atoms with E-state index in [1.54, 1.807) is 6.07 Å². The van der Waals surface area contributed by atoms with Crippen molar-refractivity contribution in [3.05, 3.63) is 50.8 Å². The monoisotopic (exact) mass is 414 g/mol.